The van der Waals surface area contributed by atoms with Crippen molar-refractivity contribution in [2.45, 2.75) is 27.3 Å². The number of rotatable bonds is 5. The lowest BCUT2D eigenvalue weighted by atomic mass is 10.2. The van der Waals surface area contributed by atoms with E-state index in [1.165, 1.54) is 0 Å². The van der Waals surface area contributed by atoms with Gasteiger partial charge in [-0.1, -0.05) is 13.0 Å². The molecule has 0 saturated heterocycles. The van der Waals surface area contributed by atoms with Gasteiger partial charge in [0.1, 0.15) is 5.69 Å². The third kappa shape index (κ3) is 2.93. The monoisotopic (exact) mass is 260 g/mol. The van der Waals surface area contributed by atoms with E-state index in [-0.39, 0.29) is 0 Å². The van der Waals surface area contributed by atoms with Gasteiger partial charge in [-0.25, -0.2) is 4.98 Å². The van der Waals surface area contributed by atoms with Gasteiger partial charge in [0.15, 0.2) is 5.75 Å². The maximum absolute atomic E-state index is 5.95. The van der Waals surface area contributed by atoms with Crippen LogP contribution in [0.1, 0.15) is 23.9 Å². The van der Waals surface area contributed by atoms with Crippen molar-refractivity contribution in [1.29, 1.82) is 0 Å². The summed E-state index contributed by atoms with van der Waals surface area (Å²) in [6, 6.07) is 3.94. The molecule has 102 valence electrons. The molecular weight excluding hydrogens is 240 g/mol. The normalized spacial score (nSPS) is 10.7. The second-order valence-corrected chi connectivity index (χ2v) is 4.47. The Bertz CT molecular complexity index is 563. The first-order valence-electron chi connectivity index (χ1n) is 6.46. The molecule has 19 heavy (non-hydrogen) atoms. The van der Waals surface area contributed by atoms with Crippen LogP contribution in [0, 0.1) is 13.8 Å². The highest BCUT2D eigenvalue weighted by Crippen LogP contribution is 2.28. The first kappa shape index (κ1) is 13.5. The van der Waals surface area contributed by atoms with Crippen molar-refractivity contribution < 1.29 is 4.74 Å². The number of nitrogens with zero attached hydrogens (tertiary/aromatic N) is 3. The van der Waals surface area contributed by atoms with Gasteiger partial charge in [0.25, 0.3) is 0 Å². The fraction of sp³-hybridized carbons (Fsp3) is 0.429. The molecule has 0 atom stereocenters. The van der Waals surface area contributed by atoms with E-state index in [0.717, 1.165) is 35.8 Å². The molecule has 0 aliphatic carbocycles. The summed E-state index contributed by atoms with van der Waals surface area (Å²) in [6.45, 7) is 7.67. The Morgan fingerprint density at radius 1 is 1.37 bits per heavy atom. The van der Waals surface area contributed by atoms with Gasteiger partial charge in [-0.2, -0.15) is 5.10 Å². The second kappa shape index (κ2) is 5.84. The van der Waals surface area contributed by atoms with Crippen molar-refractivity contribution in [3.63, 3.8) is 0 Å². The van der Waals surface area contributed by atoms with Gasteiger partial charge in [-0.15, -0.1) is 0 Å². The number of hydrogen-bond acceptors (Lipinski definition) is 4. The predicted molar refractivity (Wildman–Crippen MR) is 74.4 cm³/mol. The molecule has 2 rings (SSSR count). The zero-order valence-corrected chi connectivity index (χ0v) is 11.9. The fourth-order valence-corrected chi connectivity index (χ4v) is 1.91. The van der Waals surface area contributed by atoms with Crippen molar-refractivity contribution >= 4 is 0 Å². The second-order valence-electron chi connectivity index (χ2n) is 4.47. The summed E-state index contributed by atoms with van der Waals surface area (Å²) in [7, 11) is 1.91. The SMILES string of the molecule is CCNCc1cccnc1Oc1c(C)nn(C)c1C. The minimum absolute atomic E-state index is 0.641. The summed E-state index contributed by atoms with van der Waals surface area (Å²) < 4.78 is 7.77. The molecule has 0 aliphatic heterocycles. The molecule has 0 radical (unpaired) electrons. The zero-order chi connectivity index (χ0) is 13.8. The van der Waals surface area contributed by atoms with Crippen LogP contribution < -0.4 is 10.1 Å². The highest BCUT2D eigenvalue weighted by Gasteiger charge is 2.14. The van der Waals surface area contributed by atoms with Gasteiger partial charge < -0.3 is 10.1 Å². The molecule has 2 aromatic rings. The average molecular weight is 260 g/mol. The predicted octanol–water partition coefficient (Wildman–Crippen LogP) is 2.33. The summed E-state index contributed by atoms with van der Waals surface area (Å²) in [6.07, 6.45) is 1.74. The zero-order valence-electron chi connectivity index (χ0n) is 11.9. The van der Waals surface area contributed by atoms with Crippen LogP contribution in [0.4, 0.5) is 0 Å². The van der Waals surface area contributed by atoms with E-state index in [9.17, 15) is 0 Å². The minimum atomic E-state index is 0.641. The smallest absolute Gasteiger partial charge is 0.223 e. The van der Waals surface area contributed by atoms with Crippen LogP contribution in [0.5, 0.6) is 11.6 Å². The Kier molecular flexibility index (Phi) is 4.16. The highest BCUT2D eigenvalue weighted by atomic mass is 16.5. The Morgan fingerprint density at radius 2 is 2.16 bits per heavy atom. The lowest BCUT2D eigenvalue weighted by Gasteiger charge is -2.10. The number of aromatic nitrogens is 3. The van der Waals surface area contributed by atoms with E-state index < -0.39 is 0 Å². The molecule has 1 N–H and O–H groups in total. The first-order valence-corrected chi connectivity index (χ1v) is 6.46. The number of hydrogen-bond donors (Lipinski definition) is 1. The molecule has 0 spiro atoms. The van der Waals surface area contributed by atoms with Crippen molar-refractivity contribution in [2.24, 2.45) is 7.05 Å². The van der Waals surface area contributed by atoms with Crippen LogP contribution >= 0.6 is 0 Å². The molecule has 5 heteroatoms. The lowest BCUT2D eigenvalue weighted by Crippen LogP contribution is -2.12. The first-order chi connectivity index (χ1) is 9.13. The molecule has 0 amide bonds. The molecule has 0 aliphatic rings. The highest BCUT2D eigenvalue weighted by molar-refractivity contribution is 5.37. The molecular formula is C14H20N4O. The van der Waals surface area contributed by atoms with Crippen LogP contribution in [0.2, 0.25) is 0 Å². The Morgan fingerprint density at radius 3 is 2.79 bits per heavy atom. The molecule has 0 fully saturated rings. The van der Waals surface area contributed by atoms with E-state index in [4.69, 9.17) is 4.74 Å². The van der Waals surface area contributed by atoms with Crippen LogP contribution in [0.3, 0.4) is 0 Å². The van der Waals surface area contributed by atoms with Crippen molar-refractivity contribution in [2.75, 3.05) is 6.54 Å². The molecule has 0 unspecified atom stereocenters. The Labute approximate surface area is 113 Å². The summed E-state index contributed by atoms with van der Waals surface area (Å²) in [5.74, 6) is 1.43. The van der Waals surface area contributed by atoms with E-state index >= 15 is 0 Å². The van der Waals surface area contributed by atoms with E-state index in [0.29, 0.717) is 5.88 Å². The average Bonchev–Trinajstić information content (AvgIpc) is 2.64. The fourth-order valence-electron chi connectivity index (χ4n) is 1.91. The van der Waals surface area contributed by atoms with Crippen LogP contribution in [0.15, 0.2) is 18.3 Å². The number of aryl methyl sites for hydroxylation is 2. The molecule has 0 aromatic carbocycles. The number of nitrogens with one attached hydrogen (secondary N) is 1. The van der Waals surface area contributed by atoms with Gasteiger partial charge in [0, 0.05) is 25.4 Å². The van der Waals surface area contributed by atoms with Gasteiger partial charge >= 0.3 is 0 Å². The number of ether oxygens (including phenoxy) is 1. The third-order valence-electron chi connectivity index (χ3n) is 3.06. The van der Waals surface area contributed by atoms with Gasteiger partial charge in [0.2, 0.25) is 5.88 Å². The third-order valence-corrected chi connectivity index (χ3v) is 3.06. The molecule has 2 aromatic heterocycles. The summed E-state index contributed by atoms with van der Waals surface area (Å²) in [5, 5.41) is 7.63. The van der Waals surface area contributed by atoms with Crippen molar-refractivity contribution in [3.8, 4) is 11.6 Å². The van der Waals surface area contributed by atoms with Crippen LogP contribution in [0.25, 0.3) is 0 Å². The maximum Gasteiger partial charge on any atom is 0.223 e. The summed E-state index contributed by atoms with van der Waals surface area (Å²) in [4.78, 5) is 4.32. The lowest BCUT2D eigenvalue weighted by molar-refractivity contribution is 0.446. The minimum Gasteiger partial charge on any atom is -0.435 e. The van der Waals surface area contributed by atoms with Gasteiger partial charge in [0.05, 0.1) is 5.69 Å². The van der Waals surface area contributed by atoms with Crippen molar-refractivity contribution in [1.82, 2.24) is 20.1 Å². The van der Waals surface area contributed by atoms with E-state index in [1.54, 1.807) is 6.20 Å². The Balaban J connectivity index is 2.27. The summed E-state index contributed by atoms with van der Waals surface area (Å²) >= 11 is 0. The molecule has 0 bridgehead atoms. The molecule has 2 heterocycles. The van der Waals surface area contributed by atoms with Gasteiger partial charge in [-0.05, 0) is 26.5 Å². The van der Waals surface area contributed by atoms with E-state index in [2.05, 4.69) is 22.3 Å². The maximum atomic E-state index is 5.95. The van der Waals surface area contributed by atoms with Crippen molar-refractivity contribution in [3.05, 3.63) is 35.3 Å². The molecule has 5 nitrogen and oxygen atoms in total. The topological polar surface area (TPSA) is 52.0 Å². The van der Waals surface area contributed by atoms with Gasteiger partial charge in [-0.3, -0.25) is 4.68 Å². The summed E-state index contributed by atoms with van der Waals surface area (Å²) in [5.41, 5.74) is 2.92. The largest absolute Gasteiger partial charge is 0.435 e. The van der Waals surface area contributed by atoms with Crippen LogP contribution in [-0.2, 0) is 13.6 Å². The number of pyridine rings is 1. The Hall–Kier alpha value is -1.88. The van der Waals surface area contributed by atoms with Crippen LogP contribution in [-0.4, -0.2) is 21.3 Å². The standard InChI is InChI=1S/C14H20N4O/c1-5-15-9-12-7-6-8-16-14(12)19-13-10(2)17-18(4)11(13)3/h6-8,15H,5,9H2,1-4H3. The van der Waals surface area contributed by atoms with E-state index in [1.807, 2.05) is 37.7 Å². The molecule has 0 saturated carbocycles. The quantitative estimate of drug-likeness (QED) is 0.896.